The summed E-state index contributed by atoms with van der Waals surface area (Å²) >= 11 is 11.4. The molecule has 0 fully saturated rings. The van der Waals surface area contributed by atoms with E-state index in [1.165, 1.54) is 19.3 Å². The fraction of sp³-hybridized carbons (Fsp3) is 0.533. The molecule has 4 heteroatoms. The molecule has 0 aliphatic heterocycles. The lowest BCUT2D eigenvalue weighted by molar-refractivity contribution is 0.556. The topological polar surface area (TPSA) is 24.1 Å². The van der Waals surface area contributed by atoms with Crippen LogP contribution in [0.4, 0.5) is 5.69 Å². The smallest absolute Gasteiger partial charge is 0.170 e. The van der Waals surface area contributed by atoms with Gasteiger partial charge in [-0.25, -0.2) is 0 Å². The highest BCUT2D eigenvalue weighted by Crippen LogP contribution is 2.22. The standard InChI is InChI=1S/C15H23ClN2S/c1-4-5-6-8-11(2)17-15(19)18-14-10-7-9-13(16)12(14)3/h7,9-11H,4-6,8H2,1-3H3,(H2,17,18,19)/t11-/m1/s1. The Bertz CT molecular complexity index is 421. The van der Waals surface area contributed by atoms with Gasteiger partial charge in [0, 0.05) is 16.8 Å². The molecule has 0 aliphatic carbocycles. The maximum absolute atomic E-state index is 6.08. The van der Waals surface area contributed by atoms with E-state index in [0.29, 0.717) is 11.2 Å². The summed E-state index contributed by atoms with van der Waals surface area (Å²) in [7, 11) is 0. The van der Waals surface area contributed by atoms with Gasteiger partial charge in [0.2, 0.25) is 0 Å². The third kappa shape index (κ3) is 5.79. The van der Waals surface area contributed by atoms with E-state index in [4.69, 9.17) is 23.8 Å². The fourth-order valence-electron chi connectivity index (χ4n) is 1.90. The molecule has 0 aromatic heterocycles. The zero-order chi connectivity index (χ0) is 14.3. The second kappa shape index (κ2) is 8.39. The molecule has 19 heavy (non-hydrogen) atoms. The minimum atomic E-state index is 0.394. The summed E-state index contributed by atoms with van der Waals surface area (Å²) in [5.41, 5.74) is 1.98. The predicted octanol–water partition coefficient (Wildman–Crippen LogP) is 4.90. The minimum Gasteiger partial charge on any atom is -0.360 e. The Labute approximate surface area is 126 Å². The molecule has 0 spiro atoms. The van der Waals surface area contributed by atoms with Crippen molar-refractivity contribution in [2.75, 3.05) is 5.32 Å². The summed E-state index contributed by atoms with van der Waals surface area (Å²) < 4.78 is 0. The lowest BCUT2D eigenvalue weighted by Crippen LogP contribution is -2.36. The van der Waals surface area contributed by atoms with Gasteiger partial charge in [0.25, 0.3) is 0 Å². The molecule has 0 aliphatic rings. The molecule has 2 N–H and O–H groups in total. The quantitative estimate of drug-likeness (QED) is 0.577. The zero-order valence-corrected chi connectivity index (χ0v) is 13.5. The van der Waals surface area contributed by atoms with E-state index in [0.717, 1.165) is 22.7 Å². The van der Waals surface area contributed by atoms with Crippen molar-refractivity contribution in [1.82, 2.24) is 5.32 Å². The van der Waals surface area contributed by atoms with Crippen LogP contribution >= 0.6 is 23.8 Å². The third-order valence-corrected chi connectivity index (χ3v) is 3.76. The molecule has 1 atom stereocenters. The highest BCUT2D eigenvalue weighted by Gasteiger charge is 2.06. The van der Waals surface area contributed by atoms with Crippen LogP contribution in [0.15, 0.2) is 18.2 Å². The molecule has 0 saturated heterocycles. The van der Waals surface area contributed by atoms with Crippen molar-refractivity contribution in [1.29, 1.82) is 0 Å². The summed E-state index contributed by atoms with van der Waals surface area (Å²) in [5.74, 6) is 0. The average molecular weight is 299 g/mol. The summed E-state index contributed by atoms with van der Waals surface area (Å²) in [5, 5.41) is 7.93. The zero-order valence-electron chi connectivity index (χ0n) is 11.9. The second-order valence-electron chi connectivity index (χ2n) is 4.91. The largest absolute Gasteiger partial charge is 0.360 e. The number of nitrogens with one attached hydrogen (secondary N) is 2. The lowest BCUT2D eigenvalue weighted by atomic mass is 10.1. The first kappa shape index (κ1) is 16.3. The Balaban J connectivity index is 2.44. The molecular weight excluding hydrogens is 276 g/mol. The van der Waals surface area contributed by atoms with Crippen molar-refractivity contribution in [3.05, 3.63) is 28.8 Å². The number of halogens is 1. The molecule has 0 amide bonds. The van der Waals surface area contributed by atoms with Crippen LogP contribution in [0, 0.1) is 6.92 Å². The molecule has 1 rings (SSSR count). The van der Waals surface area contributed by atoms with Gasteiger partial charge in [-0.3, -0.25) is 0 Å². The number of unbranched alkanes of at least 4 members (excludes halogenated alkanes) is 2. The van der Waals surface area contributed by atoms with Gasteiger partial charge in [-0.1, -0.05) is 43.9 Å². The number of rotatable bonds is 6. The second-order valence-corrected chi connectivity index (χ2v) is 5.72. The number of benzene rings is 1. The van der Waals surface area contributed by atoms with Gasteiger partial charge in [0.15, 0.2) is 5.11 Å². The highest BCUT2D eigenvalue weighted by molar-refractivity contribution is 7.80. The number of thiocarbonyl (C=S) groups is 1. The Hall–Kier alpha value is -0.800. The van der Waals surface area contributed by atoms with E-state index in [1.54, 1.807) is 0 Å². The number of hydrogen-bond acceptors (Lipinski definition) is 1. The van der Waals surface area contributed by atoms with Gasteiger partial charge in [-0.05, 0) is 50.2 Å². The molecule has 106 valence electrons. The van der Waals surface area contributed by atoms with Crippen molar-refractivity contribution in [3.63, 3.8) is 0 Å². The molecule has 0 bridgehead atoms. The van der Waals surface area contributed by atoms with Crippen LogP contribution in [-0.4, -0.2) is 11.2 Å². The first-order chi connectivity index (χ1) is 9.04. The van der Waals surface area contributed by atoms with Gasteiger partial charge >= 0.3 is 0 Å². The highest BCUT2D eigenvalue weighted by atomic mass is 35.5. The molecule has 0 heterocycles. The summed E-state index contributed by atoms with van der Waals surface area (Å²) in [6.45, 7) is 6.36. The maximum Gasteiger partial charge on any atom is 0.170 e. The molecule has 1 aromatic rings. The van der Waals surface area contributed by atoms with Crippen molar-refractivity contribution in [3.8, 4) is 0 Å². The van der Waals surface area contributed by atoms with Crippen molar-refractivity contribution < 1.29 is 0 Å². The van der Waals surface area contributed by atoms with Crippen molar-refractivity contribution in [2.45, 2.75) is 52.5 Å². The predicted molar refractivity (Wildman–Crippen MR) is 89.1 cm³/mol. The average Bonchev–Trinajstić information content (AvgIpc) is 2.35. The van der Waals surface area contributed by atoms with Crippen LogP contribution in [0.5, 0.6) is 0 Å². The number of anilines is 1. The van der Waals surface area contributed by atoms with E-state index in [9.17, 15) is 0 Å². The Kier molecular flexibility index (Phi) is 7.17. The molecule has 1 aromatic carbocycles. The SMILES string of the molecule is CCCCC[C@@H](C)NC(=S)Nc1cccc(Cl)c1C. The number of hydrogen-bond donors (Lipinski definition) is 2. The molecule has 0 saturated carbocycles. The lowest BCUT2D eigenvalue weighted by Gasteiger charge is -2.18. The van der Waals surface area contributed by atoms with Gasteiger partial charge in [0.1, 0.15) is 0 Å². The van der Waals surface area contributed by atoms with Crippen LogP contribution in [0.25, 0.3) is 0 Å². The van der Waals surface area contributed by atoms with E-state index in [2.05, 4.69) is 24.5 Å². The third-order valence-electron chi connectivity index (χ3n) is 3.13. The van der Waals surface area contributed by atoms with E-state index >= 15 is 0 Å². The van der Waals surface area contributed by atoms with Crippen molar-refractivity contribution in [2.24, 2.45) is 0 Å². The summed E-state index contributed by atoms with van der Waals surface area (Å²) in [6, 6.07) is 6.18. The van der Waals surface area contributed by atoms with Crippen LogP contribution in [0.2, 0.25) is 5.02 Å². The van der Waals surface area contributed by atoms with E-state index < -0.39 is 0 Å². The first-order valence-corrected chi connectivity index (χ1v) is 7.65. The van der Waals surface area contributed by atoms with Crippen LogP contribution in [0.3, 0.4) is 0 Å². The Morgan fingerprint density at radius 3 is 2.79 bits per heavy atom. The Morgan fingerprint density at radius 1 is 1.37 bits per heavy atom. The van der Waals surface area contributed by atoms with Crippen molar-refractivity contribution >= 4 is 34.6 Å². The van der Waals surface area contributed by atoms with Gasteiger partial charge < -0.3 is 10.6 Å². The maximum atomic E-state index is 6.08. The monoisotopic (exact) mass is 298 g/mol. The van der Waals surface area contributed by atoms with Gasteiger partial charge in [0.05, 0.1) is 0 Å². The molecule has 0 unspecified atom stereocenters. The van der Waals surface area contributed by atoms with Gasteiger partial charge in [-0.15, -0.1) is 0 Å². The fourth-order valence-corrected chi connectivity index (χ4v) is 2.38. The molecular formula is C15H23ClN2S. The molecule has 2 nitrogen and oxygen atoms in total. The normalized spacial score (nSPS) is 12.0. The van der Waals surface area contributed by atoms with E-state index in [1.807, 2.05) is 25.1 Å². The van der Waals surface area contributed by atoms with Gasteiger partial charge in [-0.2, -0.15) is 0 Å². The first-order valence-electron chi connectivity index (χ1n) is 6.87. The summed E-state index contributed by atoms with van der Waals surface area (Å²) in [4.78, 5) is 0. The van der Waals surface area contributed by atoms with Crippen LogP contribution in [0.1, 0.15) is 45.1 Å². The minimum absolute atomic E-state index is 0.394. The van der Waals surface area contributed by atoms with E-state index in [-0.39, 0.29) is 0 Å². The molecule has 0 radical (unpaired) electrons. The van der Waals surface area contributed by atoms with Crippen LogP contribution < -0.4 is 10.6 Å². The van der Waals surface area contributed by atoms with Crippen LogP contribution in [-0.2, 0) is 0 Å². The Morgan fingerprint density at radius 2 is 2.11 bits per heavy atom. The summed E-state index contributed by atoms with van der Waals surface area (Å²) in [6.07, 6.45) is 4.91.